The molecule has 3 nitrogen and oxygen atoms in total. The maximum Gasteiger partial charge on any atom is 0.315 e. The Morgan fingerprint density at radius 1 is 1.05 bits per heavy atom. The second kappa shape index (κ2) is 6.15. The van der Waals surface area contributed by atoms with Gasteiger partial charge in [-0.25, -0.2) is 0 Å². The monoisotopic (exact) mass is 268 g/mol. The minimum absolute atomic E-state index is 0.115. The van der Waals surface area contributed by atoms with Crippen molar-refractivity contribution >= 4 is 11.8 Å². The van der Waals surface area contributed by atoms with Crippen LogP contribution >= 0.6 is 0 Å². The summed E-state index contributed by atoms with van der Waals surface area (Å²) < 4.78 is 5.31. The molecule has 0 aromatic heterocycles. The van der Waals surface area contributed by atoms with E-state index >= 15 is 0 Å². The first-order valence-corrected chi connectivity index (χ1v) is 6.42. The predicted molar refractivity (Wildman–Crippen MR) is 77.0 cm³/mol. The molecule has 0 heterocycles. The highest BCUT2D eigenvalue weighted by Gasteiger charge is 2.13. The van der Waals surface area contributed by atoms with Crippen molar-refractivity contribution in [3.05, 3.63) is 65.2 Å². The molecule has 0 aliphatic carbocycles. The van der Waals surface area contributed by atoms with E-state index in [0.717, 1.165) is 11.1 Å². The first-order valence-electron chi connectivity index (χ1n) is 6.42. The van der Waals surface area contributed by atoms with Gasteiger partial charge in [-0.05, 0) is 31.5 Å². The van der Waals surface area contributed by atoms with Crippen molar-refractivity contribution in [3.63, 3.8) is 0 Å². The van der Waals surface area contributed by atoms with E-state index in [9.17, 15) is 9.59 Å². The summed E-state index contributed by atoms with van der Waals surface area (Å²) in [6.45, 7) is 3.35. The molecule has 0 saturated carbocycles. The van der Waals surface area contributed by atoms with Crippen LogP contribution in [0.4, 0.5) is 0 Å². The first-order chi connectivity index (χ1) is 9.56. The van der Waals surface area contributed by atoms with Gasteiger partial charge in [-0.2, -0.15) is 0 Å². The lowest BCUT2D eigenvalue weighted by molar-refractivity contribution is -0.133. The summed E-state index contributed by atoms with van der Waals surface area (Å²) in [5.74, 6) is -0.164. The van der Waals surface area contributed by atoms with Gasteiger partial charge in [0.25, 0.3) is 0 Å². The normalized spacial score (nSPS) is 10.1. The average molecular weight is 268 g/mol. The molecule has 0 spiro atoms. The third-order valence-corrected chi connectivity index (χ3v) is 2.93. The van der Waals surface area contributed by atoms with Crippen molar-refractivity contribution in [2.24, 2.45) is 0 Å². The van der Waals surface area contributed by atoms with Crippen molar-refractivity contribution in [1.82, 2.24) is 0 Å². The smallest absolute Gasteiger partial charge is 0.315 e. The topological polar surface area (TPSA) is 43.4 Å². The van der Waals surface area contributed by atoms with Gasteiger partial charge in [-0.3, -0.25) is 9.59 Å². The fraction of sp³-hybridized carbons (Fsp3) is 0.176. The minimum Gasteiger partial charge on any atom is -0.426 e. The molecule has 2 aromatic carbocycles. The van der Waals surface area contributed by atoms with E-state index in [4.69, 9.17) is 4.74 Å². The van der Waals surface area contributed by atoms with Crippen molar-refractivity contribution in [2.75, 3.05) is 0 Å². The molecule has 0 radical (unpaired) electrons. The molecular formula is C17H16O3. The van der Waals surface area contributed by atoms with Crippen molar-refractivity contribution < 1.29 is 14.3 Å². The van der Waals surface area contributed by atoms with E-state index in [-0.39, 0.29) is 18.2 Å². The number of Topliss-reactive ketones (excluding diaryl/α,β-unsaturated/α-hetero) is 1. The fourth-order valence-corrected chi connectivity index (χ4v) is 1.93. The Balaban J connectivity index is 2.14. The number of carbonyl (C=O) groups is 2. The number of esters is 1. The lowest BCUT2D eigenvalue weighted by Crippen LogP contribution is -2.13. The van der Waals surface area contributed by atoms with Gasteiger partial charge in [0.15, 0.2) is 5.78 Å². The van der Waals surface area contributed by atoms with Crippen LogP contribution in [0, 0.1) is 6.92 Å². The number of ether oxygens (including phenoxy) is 1. The Morgan fingerprint density at radius 2 is 1.75 bits per heavy atom. The van der Waals surface area contributed by atoms with Gasteiger partial charge in [0.2, 0.25) is 0 Å². The number of ketones is 1. The summed E-state index contributed by atoms with van der Waals surface area (Å²) in [5.41, 5.74) is 2.28. The first kappa shape index (κ1) is 14.0. The highest BCUT2D eigenvalue weighted by molar-refractivity contribution is 5.97. The van der Waals surface area contributed by atoms with Crippen LogP contribution < -0.4 is 4.74 Å². The summed E-state index contributed by atoms with van der Waals surface area (Å²) in [5, 5.41) is 0. The Labute approximate surface area is 118 Å². The van der Waals surface area contributed by atoms with Crippen LogP contribution in [0.25, 0.3) is 0 Å². The Hall–Kier alpha value is -2.42. The zero-order valence-electron chi connectivity index (χ0n) is 11.6. The summed E-state index contributed by atoms with van der Waals surface area (Å²) >= 11 is 0. The largest absolute Gasteiger partial charge is 0.426 e. The van der Waals surface area contributed by atoms with Crippen LogP contribution in [-0.4, -0.2) is 11.8 Å². The number of aryl methyl sites for hydroxylation is 1. The number of hydrogen-bond acceptors (Lipinski definition) is 3. The molecule has 0 fully saturated rings. The molecule has 102 valence electrons. The van der Waals surface area contributed by atoms with Gasteiger partial charge in [0.05, 0.1) is 12.0 Å². The maximum atomic E-state index is 11.9. The summed E-state index contributed by atoms with van der Waals surface area (Å²) in [7, 11) is 0. The van der Waals surface area contributed by atoms with Crippen molar-refractivity contribution in [3.8, 4) is 5.75 Å². The van der Waals surface area contributed by atoms with Crippen LogP contribution in [0.2, 0.25) is 0 Å². The van der Waals surface area contributed by atoms with Gasteiger partial charge in [-0.1, -0.05) is 42.0 Å². The Kier molecular flexibility index (Phi) is 4.31. The molecule has 0 aliphatic rings. The zero-order chi connectivity index (χ0) is 14.5. The van der Waals surface area contributed by atoms with E-state index in [2.05, 4.69) is 0 Å². The summed E-state index contributed by atoms with van der Waals surface area (Å²) in [6.07, 6.45) is 0.187. The van der Waals surface area contributed by atoms with E-state index in [1.54, 1.807) is 12.1 Å². The Morgan fingerprint density at radius 3 is 2.40 bits per heavy atom. The molecule has 0 amide bonds. The molecule has 3 heteroatoms. The number of benzene rings is 2. The molecule has 0 unspecified atom stereocenters. The molecule has 2 aromatic rings. The van der Waals surface area contributed by atoms with Crippen LogP contribution in [0.15, 0.2) is 48.5 Å². The highest BCUT2D eigenvalue weighted by Crippen LogP contribution is 2.21. The highest BCUT2D eigenvalue weighted by atomic mass is 16.5. The van der Waals surface area contributed by atoms with Crippen LogP contribution in [0.3, 0.4) is 0 Å². The number of rotatable bonds is 4. The third-order valence-electron chi connectivity index (χ3n) is 2.93. The standard InChI is InChI=1S/C17H16O3/c1-12-8-9-16(15(10-12)13(2)18)20-17(19)11-14-6-4-3-5-7-14/h3-10H,11H2,1-2H3. The molecule has 0 atom stereocenters. The zero-order valence-corrected chi connectivity index (χ0v) is 11.6. The molecule has 0 N–H and O–H groups in total. The lowest BCUT2D eigenvalue weighted by atomic mass is 10.1. The van der Waals surface area contributed by atoms with Crippen LogP contribution in [-0.2, 0) is 11.2 Å². The lowest BCUT2D eigenvalue weighted by Gasteiger charge is -2.09. The molecule has 0 bridgehead atoms. The van der Waals surface area contributed by atoms with Gasteiger partial charge < -0.3 is 4.74 Å². The van der Waals surface area contributed by atoms with Crippen LogP contribution in [0.1, 0.15) is 28.4 Å². The van der Waals surface area contributed by atoms with E-state index < -0.39 is 0 Å². The van der Waals surface area contributed by atoms with Gasteiger partial charge in [-0.15, -0.1) is 0 Å². The molecule has 20 heavy (non-hydrogen) atoms. The van der Waals surface area contributed by atoms with Gasteiger partial charge >= 0.3 is 5.97 Å². The molecule has 0 aliphatic heterocycles. The average Bonchev–Trinajstić information content (AvgIpc) is 2.41. The van der Waals surface area contributed by atoms with Gasteiger partial charge in [0, 0.05) is 0 Å². The quantitative estimate of drug-likeness (QED) is 0.485. The number of hydrogen-bond donors (Lipinski definition) is 0. The molecule has 0 saturated heterocycles. The van der Waals surface area contributed by atoms with E-state index in [1.165, 1.54) is 6.92 Å². The maximum absolute atomic E-state index is 11.9. The third kappa shape index (κ3) is 3.54. The molecule has 2 rings (SSSR count). The SMILES string of the molecule is CC(=O)c1cc(C)ccc1OC(=O)Cc1ccccc1. The van der Waals surface area contributed by atoms with E-state index in [0.29, 0.717) is 11.3 Å². The molecular weight excluding hydrogens is 252 g/mol. The predicted octanol–water partition coefficient (Wildman–Crippen LogP) is 3.35. The minimum atomic E-state index is -0.373. The van der Waals surface area contributed by atoms with Crippen molar-refractivity contribution in [1.29, 1.82) is 0 Å². The number of carbonyl (C=O) groups excluding carboxylic acids is 2. The Bertz CT molecular complexity index is 630. The summed E-state index contributed by atoms with van der Waals surface area (Å²) in [6, 6.07) is 14.6. The second-order valence-corrected chi connectivity index (χ2v) is 4.69. The summed E-state index contributed by atoms with van der Waals surface area (Å²) in [4.78, 5) is 23.5. The second-order valence-electron chi connectivity index (χ2n) is 4.69. The van der Waals surface area contributed by atoms with Gasteiger partial charge in [0.1, 0.15) is 5.75 Å². The van der Waals surface area contributed by atoms with E-state index in [1.807, 2.05) is 43.3 Å². The van der Waals surface area contributed by atoms with Crippen molar-refractivity contribution in [2.45, 2.75) is 20.3 Å². The van der Waals surface area contributed by atoms with Crippen LogP contribution in [0.5, 0.6) is 5.75 Å². The fourth-order valence-electron chi connectivity index (χ4n) is 1.93.